The molecule has 4 rings (SSSR count). The summed E-state index contributed by atoms with van der Waals surface area (Å²) in [5.74, 6) is -0.668. The molecule has 0 bridgehead atoms. The second-order valence-electron chi connectivity index (χ2n) is 11.1. The van der Waals surface area contributed by atoms with E-state index in [1.165, 1.54) is 15.6 Å². The minimum absolute atomic E-state index is 0.0972. The van der Waals surface area contributed by atoms with Gasteiger partial charge in [0.1, 0.15) is 12.6 Å². The predicted octanol–water partition coefficient (Wildman–Crippen LogP) is 5.67. The highest BCUT2D eigenvalue weighted by molar-refractivity contribution is 7.92. The van der Waals surface area contributed by atoms with Crippen molar-refractivity contribution in [2.24, 2.45) is 0 Å². The van der Waals surface area contributed by atoms with Crippen LogP contribution in [0.15, 0.2) is 77.7 Å². The Morgan fingerprint density at radius 1 is 0.878 bits per heavy atom. The highest BCUT2D eigenvalue weighted by atomic mass is 32.2. The van der Waals surface area contributed by atoms with Gasteiger partial charge >= 0.3 is 0 Å². The van der Waals surface area contributed by atoms with E-state index in [0.29, 0.717) is 5.69 Å². The van der Waals surface area contributed by atoms with Gasteiger partial charge in [0.15, 0.2) is 0 Å². The van der Waals surface area contributed by atoms with Crippen molar-refractivity contribution in [3.8, 4) is 0 Å². The second kappa shape index (κ2) is 13.3. The topological polar surface area (TPSA) is 86.8 Å². The Morgan fingerprint density at radius 2 is 1.56 bits per heavy atom. The molecule has 7 nitrogen and oxygen atoms in total. The average Bonchev–Trinajstić information content (AvgIpc) is 2.95. The molecule has 8 heteroatoms. The van der Waals surface area contributed by atoms with Gasteiger partial charge in [-0.05, 0) is 69.9 Å². The Kier molecular flexibility index (Phi) is 9.86. The van der Waals surface area contributed by atoms with E-state index in [9.17, 15) is 18.0 Å². The van der Waals surface area contributed by atoms with Gasteiger partial charge in [-0.15, -0.1) is 0 Å². The molecule has 1 N–H and O–H groups in total. The molecule has 41 heavy (non-hydrogen) atoms. The van der Waals surface area contributed by atoms with E-state index in [2.05, 4.69) is 5.32 Å². The fourth-order valence-electron chi connectivity index (χ4n) is 5.35. The molecular weight excluding hydrogens is 534 g/mol. The van der Waals surface area contributed by atoms with Gasteiger partial charge in [-0.1, -0.05) is 85.0 Å². The Labute approximate surface area is 244 Å². The molecule has 1 fully saturated rings. The van der Waals surface area contributed by atoms with Crippen LogP contribution in [0.25, 0.3) is 0 Å². The Bertz CT molecular complexity index is 1460. The summed E-state index contributed by atoms with van der Waals surface area (Å²) >= 11 is 0. The van der Waals surface area contributed by atoms with Crippen molar-refractivity contribution < 1.29 is 18.0 Å². The van der Waals surface area contributed by atoms with Gasteiger partial charge in [0.05, 0.1) is 10.6 Å². The van der Waals surface area contributed by atoms with Crippen LogP contribution in [0.5, 0.6) is 0 Å². The Balaban J connectivity index is 1.68. The van der Waals surface area contributed by atoms with Crippen molar-refractivity contribution in [1.82, 2.24) is 10.2 Å². The SMILES string of the molecule is Cc1ccc(S(=O)(=O)N(CC(=O)N(Cc2cccc(C)c2)[C@H](C)C(=O)NC2CCCCC2)c2ccccc2C)cc1. The van der Waals surface area contributed by atoms with Crippen molar-refractivity contribution in [3.63, 3.8) is 0 Å². The van der Waals surface area contributed by atoms with E-state index in [1.54, 1.807) is 43.3 Å². The lowest BCUT2D eigenvalue weighted by Gasteiger charge is -2.33. The van der Waals surface area contributed by atoms with Gasteiger partial charge in [0.2, 0.25) is 11.8 Å². The maximum absolute atomic E-state index is 14.1. The van der Waals surface area contributed by atoms with E-state index in [-0.39, 0.29) is 23.4 Å². The van der Waals surface area contributed by atoms with Gasteiger partial charge in [0.25, 0.3) is 10.0 Å². The van der Waals surface area contributed by atoms with Crippen LogP contribution in [0.2, 0.25) is 0 Å². The first-order chi connectivity index (χ1) is 19.6. The maximum atomic E-state index is 14.1. The maximum Gasteiger partial charge on any atom is 0.264 e. The summed E-state index contributed by atoms with van der Waals surface area (Å²) in [5, 5.41) is 3.14. The van der Waals surface area contributed by atoms with Crippen LogP contribution in [-0.2, 0) is 26.2 Å². The molecule has 3 aromatic rings. The summed E-state index contributed by atoms with van der Waals surface area (Å²) in [4.78, 5) is 29.2. The predicted molar refractivity (Wildman–Crippen MR) is 163 cm³/mol. The Morgan fingerprint density at radius 3 is 2.22 bits per heavy atom. The number of sulfonamides is 1. The van der Waals surface area contributed by atoms with Crippen LogP contribution in [0.3, 0.4) is 0 Å². The number of amides is 2. The first-order valence-electron chi connectivity index (χ1n) is 14.4. The molecule has 1 saturated carbocycles. The zero-order chi connectivity index (χ0) is 29.6. The summed E-state index contributed by atoms with van der Waals surface area (Å²) in [6, 6.07) is 20.8. The third-order valence-electron chi connectivity index (χ3n) is 7.83. The summed E-state index contributed by atoms with van der Waals surface area (Å²) < 4.78 is 29.2. The third-order valence-corrected chi connectivity index (χ3v) is 9.60. The van der Waals surface area contributed by atoms with Crippen molar-refractivity contribution >= 4 is 27.5 Å². The molecule has 0 radical (unpaired) electrons. The molecule has 1 aliphatic carbocycles. The minimum Gasteiger partial charge on any atom is -0.352 e. The molecule has 0 unspecified atom stereocenters. The lowest BCUT2D eigenvalue weighted by Crippen LogP contribution is -2.53. The van der Waals surface area contributed by atoms with E-state index in [0.717, 1.165) is 47.9 Å². The van der Waals surface area contributed by atoms with E-state index in [4.69, 9.17) is 0 Å². The summed E-state index contributed by atoms with van der Waals surface area (Å²) in [6.07, 6.45) is 5.19. The number of nitrogens with zero attached hydrogens (tertiary/aromatic N) is 2. The van der Waals surface area contributed by atoms with Crippen LogP contribution in [0.4, 0.5) is 5.69 Å². The molecule has 2 amide bonds. The highest BCUT2D eigenvalue weighted by Gasteiger charge is 2.33. The fraction of sp³-hybridized carbons (Fsp3) is 0.394. The van der Waals surface area contributed by atoms with Crippen LogP contribution in [0, 0.1) is 20.8 Å². The molecule has 1 aliphatic rings. The molecule has 1 atom stereocenters. The Hall–Kier alpha value is -3.65. The zero-order valence-electron chi connectivity index (χ0n) is 24.5. The number of aryl methyl sites for hydroxylation is 3. The number of para-hydroxylation sites is 1. The monoisotopic (exact) mass is 575 g/mol. The normalized spacial score (nSPS) is 14.7. The quantitative estimate of drug-likeness (QED) is 0.337. The molecule has 0 heterocycles. The minimum atomic E-state index is -4.08. The van der Waals surface area contributed by atoms with Gasteiger partial charge in [-0.25, -0.2) is 8.42 Å². The summed E-state index contributed by atoms with van der Waals surface area (Å²) in [6.45, 7) is 7.16. The smallest absolute Gasteiger partial charge is 0.264 e. The lowest BCUT2D eigenvalue weighted by atomic mass is 9.95. The van der Waals surface area contributed by atoms with Crippen molar-refractivity contribution in [3.05, 3.63) is 95.1 Å². The van der Waals surface area contributed by atoms with Gasteiger partial charge in [0, 0.05) is 12.6 Å². The number of anilines is 1. The lowest BCUT2D eigenvalue weighted by molar-refractivity contribution is -0.139. The molecule has 0 spiro atoms. The molecule has 0 aliphatic heterocycles. The highest BCUT2D eigenvalue weighted by Crippen LogP contribution is 2.28. The van der Waals surface area contributed by atoms with Crippen molar-refractivity contribution in [2.45, 2.75) is 83.3 Å². The van der Waals surface area contributed by atoms with Gasteiger partial charge < -0.3 is 10.2 Å². The first kappa shape index (κ1) is 30.3. The molecule has 0 saturated heterocycles. The fourth-order valence-corrected chi connectivity index (χ4v) is 6.83. The van der Waals surface area contributed by atoms with Crippen molar-refractivity contribution in [2.75, 3.05) is 10.8 Å². The van der Waals surface area contributed by atoms with E-state index in [1.807, 2.05) is 57.2 Å². The van der Waals surface area contributed by atoms with E-state index >= 15 is 0 Å². The zero-order valence-corrected chi connectivity index (χ0v) is 25.3. The summed E-state index contributed by atoms with van der Waals surface area (Å²) in [7, 11) is -4.08. The number of hydrogen-bond donors (Lipinski definition) is 1. The molecule has 218 valence electrons. The number of nitrogens with one attached hydrogen (secondary N) is 1. The van der Waals surface area contributed by atoms with Crippen molar-refractivity contribution in [1.29, 1.82) is 0 Å². The van der Waals surface area contributed by atoms with Crippen LogP contribution in [-0.4, -0.2) is 43.8 Å². The largest absolute Gasteiger partial charge is 0.352 e. The first-order valence-corrected chi connectivity index (χ1v) is 15.8. The van der Waals surface area contributed by atoms with Crippen LogP contribution >= 0.6 is 0 Å². The number of carbonyl (C=O) groups is 2. The van der Waals surface area contributed by atoms with Gasteiger partial charge in [-0.3, -0.25) is 13.9 Å². The number of carbonyl (C=O) groups excluding carboxylic acids is 2. The second-order valence-corrected chi connectivity index (χ2v) is 13.0. The molecular formula is C33H41N3O4S. The average molecular weight is 576 g/mol. The molecule has 3 aromatic carbocycles. The molecule has 0 aromatic heterocycles. The number of hydrogen-bond acceptors (Lipinski definition) is 4. The number of benzene rings is 3. The van der Waals surface area contributed by atoms with E-state index < -0.39 is 28.5 Å². The number of rotatable bonds is 10. The third kappa shape index (κ3) is 7.55. The standard InChI is InChI=1S/C33H41N3O4S/c1-24-17-19-30(20-18-24)41(39,40)36(31-16-9-8-12-26(31)3)23-32(37)35(22-28-13-10-11-25(2)21-28)27(4)33(38)34-29-14-6-5-7-15-29/h8-13,16-21,27,29H,5-7,14-15,22-23H2,1-4H3,(H,34,38)/t27-/m1/s1. The van der Waals surface area contributed by atoms with Crippen LogP contribution in [0.1, 0.15) is 61.3 Å². The summed E-state index contributed by atoms with van der Waals surface area (Å²) in [5.41, 5.74) is 4.00. The van der Waals surface area contributed by atoms with Crippen LogP contribution < -0.4 is 9.62 Å². The van der Waals surface area contributed by atoms with Gasteiger partial charge in [-0.2, -0.15) is 0 Å².